The molecule has 0 aliphatic heterocycles. The van der Waals surface area contributed by atoms with Crippen LogP contribution < -0.4 is 4.74 Å². The van der Waals surface area contributed by atoms with Crippen LogP contribution in [-0.4, -0.2) is 34.8 Å². The number of esters is 1. The molecule has 0 amide bonds. The third-order valence-corrected chi connectivity index (χ3v) is 3.11. The Morgan fingerprint density at radius 1 is 1.14 bits per heavy atom. The fourth-order valence-electron chi connectivity index (χ4n) is 1.99. The smallest absolute Gasteiger partial charge is 0.338 e. The first-order valence-corrected chi connectivity index (χ1v) is 6.30. The van der Waals surface area contributed by atoms with E-state index in [1.54, 1.807) is 30.0 Å². The third kappa shape index (κ3) is 2.43. The van der Waals surface area contributed by atoms with Crippen molar-refractivity contribution in [1.29, 1.82) is 0 Å². The fourth-order valence-corrected chi connectivity index (χ4v) is 1.99. The summed E-state index contributed by atoms with van der Waals surface area (Å²) in [7, 11) is 2.96. The summed E-state index contributed by atoms with van der Waals surface area (Å²) in [5.41, 5.74) is 1.90. The number of fused-ring (bicyclic) bond motifs is 1. The van der Waals surface area contributed by atoms with Crippen molar-refractivity contribution in [3.63, 3.8) is 0 Å². The van der Waals surface area contributed by atoms with Crippen molar-refractivity contribution in [2.75, 3.05) is 14.2 Å². The second kappa shape index (κ2) is 5.24. The molecule has 0 atom stereocenters. The maximum Gasteiger partial charge on any atom is 0.338 e. The molecule has 106 valence electrons. The maximum absolute atomic E-state index is 11.5. The molecule has 0 aliphatic rings. The summed E-state index contributed by atoms with van der Waals surface area (Å²) < 4.78 is 11.4. The molecule has 0 saturated carbocycles. The molecule has 0 spiro atoms. The van der Waals surface area contributed by atoms with E-state index in [9.17, 15) is 4.79 Å². The van der Waals surface area contributed by atoms with Crippen molar-refractivity contribution >= 4 is 11.6 Å². The number of nitrogens with zero attached hydrogens (tertiary/aromatic N) is 3. The van der Waals surface area contributed by atoms with Gasteiger partial charge in [0, 0.05) is 11.8 Å². The van der Waals surface area contributed by atoms with Crippen LogP contribution in [0.1, 0.15) is 10.4 Å². The van der Waals surface area contributed by atoms with Crippen molar-refractivity contribution in [3.8, 4) is 17.1 Å². The second-order valence-electron chi connectivity index (χ2n) is 4.37. The van der Waals surface area contributed by atoms with Crippen LogP contribution in [0.15, 0.2) is 42.6 Å². The van der Waals surface area contributed by atoms with E-state index in [1.807, 2.05) is 24.3 Å². The van der Waals surface area contributed by atoms with Gasteiger partial charge in [-0.1, -0.05) is 0 Å². The molecule has 0 aliphatic carbocycles. The zero-order chi connectivity index (χ0) is 14.8. The molecule has 0 N–H and O–H groups in total. The van der Waals surface area contributed by atoms with Crippen molar-refractivity contribution in [2.45, 2.75) is 0 Å². The van der Waals surface area contributed by atoms with Gasteiger partial charge in [0.15, 0.2) is 11.5 Å². The lowest BCUT2D eigenvalue weighted by molar-refractivity contribution is 0.0600. The predicted molar refractivity (Wildman–Crippen MR) is 76.3 cm³/mol. The summed E-state index contributed by atoms with van der Waals surface area (Å²) >= 11 is 0. The van der Waals surface area contributed by atoms with E-state index in [4.69, 9.17) is 9.47 Å². The van der Waals surface area contributed by atoms with Crippen LogP contribution in [0.4, 0.5) is 0 Å². The monoisotopic (exact) mass is 283 g/mol. The van der Waals surface area contributed by atoms with Crippen molar-refractivity contribution in [2.24, 2.45) is 0 Å². The van der Waals surface area contributed by atoms with Gasteiger partial charge < -0.3 is 9.47 Å². The predicted octanol–water partition coefficient (Wildman–Crippen LogP) is 2.19. The SMILES string of the molecule is COC(=O)c1ccn2nc(-c3ccc(OC)cc3)nc2c1. The number of hydrogen-bond acceptors (Lipinski definition) is 5. The Balaban J connectivity index is 2.01. The first-order valence-electron chi connectivity index (χ1n) is 6.30. The van der Waals surface area contributed by atoms with Crippen LogP contribution >= 0.6 is 0 Å². The highest BCUT2D eigenvalue weighted by Gasteiger charge is 2.10. The molecule has 0 saturated heterocycles. The van der Waals surface area contributed by atoms with Gasteiger partial charge in [-0.3, -0.25) is 0 Å². The van der Waals surface area contributed by atoms with Crippen LogP contribution in [0, 0.1) is 0 Å². The van der Waals surface area contributed by atoms with E-state index in [1.165, 1.54) is 7.11 Å². The molecule has 1 aromatic carbocycles. The van der Waals surface area contributed by atoms with Crippen molar-refractivity contribution in [1.82, 2.24) is 14.6 Å². The van der Waals surface area contributed by atoms with Gasteiger partial charge in [0.2, 0.25) is 0 Å². The number of carbonyl (C=O) groups excluding carboxylic acids is 1. The van der Waals surface area contributed by atoms with Gasteiger partial charge in [-0.05, 0) is 36.4 Å². The van der Waals surface area contributed by atoms with Crippen molar-refractivity contribution in [3.05, 3.63) is 48.2 Å². The Bertz CT molecular complexity index is 794. The molecule has 0 radical (unpaired) electrons. The number of carbonyl (C=O) groups is 1. The number of benzene rings is 1. The molecule has 6 heteroatoms. The molecule has 0 unspecified atom stereocenters. The minimum atomic E-state index is -0.397. The van der Waals surface area contributed by atoms with Crippen LogP contribution in [0.5, 0.6) is 5.75 Å². The minimum absolute atomic E-state index is 0.397. The minimum Gasteiger partial charge on any atom is -0.497 e. The lowest BCUT2D eigenvalue weighted by Gasteiger charge is -1.99. The van der Waals surface area contributed by atoms with E-state index in [0.717, 1.165) is 11.3 Å². The average Bonchev–Trinajstić information content (AvgIpc) is 2.97. The first-order chi connectivity index (χ1) is 10.2. The molecular formula is C15H13N3O3. The van der Waals surface area contributed by atoms with E-state index in [0.29, 0.717) is 17.0 Å². The second-order valence-corrected chi connectivity index (χ2v) is 4.37. The quantitative estimate of drug-likeness (QED) is 0.689. The summed E-state index contributed by atoms with van der Waals surface area (Å²) in [5.74, 6) is 0.960. The van der Waals surface area contributed by atoms with Gasteiger partial charge in [-0.2, -0.15) is 0 Å². The zero-order valence-corrected chi connectivity index (χ0v) is 11.6. The third-order valence-electron chi connectivity index (χ3n) is 3.11. The summed E-state index contributed by atoms with van der Waals surface area (Å²) in [6.07, 6.45) is 1.68. The first kappa shape index (κ1) is 13.1. The van der Waals surface area contributed by atoms with Gasteiger partial charge in [-0.25, -0.2) is 14.3 Å². The number of methoxy groups -OCH3 is 2. The molecule has 0 bridgehead atoms. The van der Waals surface area contributed by atoms with Crippen LogP contribution in [-0.2, 0) is 4.74 Å². The fraction of sp³-hybridized carbons (Fsp3) is 0.133. The summed E-state index contributed by atoms with van der Waals surface area (Å²) in [4.78, 5) is 15.9. The highest BCUT2D eigenvalue weighted by molar-refractivity contribution is 5.90. The normalized spacial score (nSPS) is 10.6. The Morgan fingerprint density at radius 3 is 2.57 bits per heavy atom. The molecule has 0 fully saturated rings. The number of rotatable bonds is 3. The molecule has 21 heavy (non-hydrogen) atoms. The van der Waals surface area contributed by atoms with Gasteiger partial charge in [0.1, 0.15) is 5.75 Å². The van der Waals surface area contributed by atoms with Crippen LogP contribution in [0.25, 0.3) is 17.0 Å². The molecular weight excluding hydrogens is 270 g/mol. The lowest BCUT2D eigenvalue weighted by atomic mass is 10.2. The topological polar surface area (TPSA) is 65.7 Å². The lowest BCUT2D eigenvalue weighted by Crippen LogP contribution is -2.02. The molecule has 6 nitrogen and oxygen atoms in total. The summed E-state index contributed by atoms with van der Waals surface area (Å²) in [5, 5.41) is 4.38. The Hall–Kier alpha value is -2.89. The van der Waals surface area contributed by atoms with E-state index in [2.05, 4.69) is 10.1 Å². The van der Waals surface area contributed by atoms with Crippen molar-refractivity contribution < 1.29 is 14.3 Å². The summed E-state index contributed by atoms with van der Waals surface area (Å²) in [6, 6.07) is 10.8. The number of aromatic nitrogens is 3. The Morgan fingerprint density at radius 2 is 1.90 bits per heavy atom. The van der Waals surface area contributed by atoms with E-state index < -0.39 is 5.97 Å². The zero-order valence-electron chi connectivity index (χ0n) is 11.6. The molecule has 2 aromatic heterocycles. The number of pyridine rings is 1. The van der Waals surface area contributed by atoms with Gasteiger partial charge in [0.05, 0.1) is 19.8 Å². The highest BCUT2D eigenvalue weighted by atomic mass is 16.5. The molecule has 3 aromatic rings. The summed E-state index contributed by atoms with van der Waals surface area (Å²) in [6.45, 7) is 0. The Labute approximate surface area is 120 Å². The Kier molecular flexibility index (Phi) is 3.27. The van der Waals surface area contributed by atoms with Gasteiger partial charge in [-0.15, -0.1) is 5.10 Å². The maximum atomic E-state index is 11.5. The number of hydrogen-bond donors (Lipinski definition) is 0. The van der Waals surface area contributed by atoms with Crippen LogP contribution in [0.3, 0.4) is 0 Å². The van der Waals surface area contributed by atoms with Gasteiger partial charge >= 0.3 is 5.97 Å². The van der Waals surface area contributed by atoms with Gasteiger partial charge in [0.25, 0.3) is 0 Å². The average molecular weight is 283 g/mol. The largest absolute Gasteiger partial charge is 0.497 e. The molecule has 3 rings (SSSR count). The highest BCUT2D eigenvalue weighted by Crippen LogP contribution is 2.20. The van der Waals surface area contributed by atoms with E-state index in [-0.39, 0.29) is 0 Å². The van der Waals surface area contributed by atoms with Crippen LogP contribution in [0.2, 0.25) is 0 Å². The van der Waals surface area contributed by atoms with E-state index >= 15 is 0 Å². The standard InChI is InChI=1S/C15H13N3O3/c1-20-12-5-3-10(4-6-12)14-16-13-9-11(15(19)21-2)7-8-18(13)17-14/h3-9H,1-2H3. The number of ether oxygens (including phenoxy) is 2. The molecule has 2 heterocycles.